The molecule has 206 valence electrons. The second kappa shape index (κ2) is 12.7. The Bertz CT molecular complexity index is 1470. The van der Waals surface area contributed by atoms with Gasteiger partial charge in [-0.1, -0.05) is 36.4 Å². The van der Waals surface area contributed by atoms with Crippen molar-refractivity contribution in [3.63, 3.8) is 0 Å². The van der Waals surface area contributed by atoms with Gasteiger partial charge in [-0.2, -0.15) is 0 Å². The first-order valence-corrected chi connectivity index (χ1v) is 13.7. The molecule has 1 amide bonds. The molecule has 40 heavy (non-hydrogen) atoms. The van der Waals surface area contributed by atoms with Crippen molar-refractivity contribution in [3.8, 4) is 11.1 Å². The lowest BCUT2D eigenvalue weighted by atomic mass is 10.0. The number of nitrogens with zero attached hydrogens (tertiary/aromatic N) is 4. The third-order valence-corrected chi connectivity index (χ3v) is 7.02. The maximum absolute atomic E-state index is 12.4. The number of hydrogen-bond acceptors (Lipinski definition) is 7. The van der Waals surface area contributed by atoms with E-state index in [1.807, 2.05) is 73.7 Å². The lowest BCUT2D eigenvalue weighted by Crippen LogP contribution is -2.36. The minimum Gasteiger partial charge on any atom is -0.382 e. The van der Waals surface area contributed by atoms with Gasteiger partial charge in [0.25, 0.3) is 0 Å². The fourth-order valence-corrected chi connectivity index (χ4v) is 4.84. The molecular formula is C32H37N7O. The molecule has 3 N–H and O–H groups in total. The van der Waals surface area contributed by atoms with Crippen LogP contribution in [0.15, 0.2) is 85.1 Å². The molecule has 5 rings (SSSR count). The maximum Gasteiger partial charge on any atom is 0.248 e. The summed E-state index contributed by atoms with van der Waals surface area (Å²) in [6.45, 7) is 2.97. The van der Waals surface area contributed by atoms with Crippen molar-refractivity contribution in [2.75, 3.05) is 56.7 Å². The van der Waals surface area contributed by atoms with Gasteiger partial charge in [-0.15, -0.1) is 0 Å². The molecule has 8 nitrogen and oxygen atoms in total. The number of carbonyl (C=O) groups excluding carboxylic acids is 1. The third-order valence-electron chi connectivity index (χ3n) is 7.02. The summed E-state index contributed by atoms with van der Waals surface area (Å²) in [7, 11) is 6.11. The topological polar surface area (TPSA) is 85.4 Å². The highest BCUT2D eigenvalue weighted by Gasteiger charge is 2.16. The fraction of sp³-hybridized carbons (Fsp3) is 0.281. The number of anilines is 4. The van der Waals surface area contributed by atoms with Crippen molar-refractivity contribution in [2.45, 2.75) is 18.9 Å². The molecule has 1 aliphatic heterocycles. The summed E-state index contributed by atoms with van der Waals surface area (Å²) in [6, 6.07) is 22.7. The average molecular weight is 536 g/mol. The normalized spacial score (nSPS) is 14.6. The number of aromatic nitrogens is 2. The van der Waals surface area contributed by atoms with E-state index >= 15 is 0 Å². The van der Waals surface area contributed by atoms with Crippen LogP contribution in [0.5, 0.6) is 0 Å². The molecule has 1 aliphatic rings. The Hall–Kier alpha value is -4.27. The van der Waals surface area contributed by atoms with Gasteiger partial charge in [-0.25, -0.2) is 9.97 Å². The van der Waals surface area contributed by atoms with E-state index in [-0.39, 0.29) is 5.91 Å². The number of hydrogen-bond donors (Lipinski definition) is 3. The van der Waals surface area contributed by atoms with Crippen LogP contribution in [0.2, 0.25) is 0 Å². The van der Waals surface area contributed by atoms with E-state index in [9.17, 15) is 4.79 Å². The van der Waals surface area contributed by atoms with Crippen molar-refractivity contribution in [1.29, 1.82) is 0 Å². The van der Waals surface area contributed by atoms with Crippen LogP contribution in [0.3, 0.4) is 0 Å². The van der Waals surface area contributed by atoms with Crippen molar-refractivity contribution in [1.82, 2.24) is 19.8 Å². The molecule has 0 atom stereocenters. The highest BCUT2D eigenvalue weighted by Crippen LogP contribution is 2.30. The number of carbonyl (C=O) groups is 1. The number of fused-ring (bicyclic) bond motifs is 1. The molecule has 0 aliphatic carbocycles. The molecule has 4 aromatic rings. The summed E-state index contributed by atoms with van der Waals surface area (Å²) in [5, 5.41) is 10.9. The molecule has 2 heterocycles. The first-order valence-electron chi connectivity index (χ1n) is 13.7. The largest absolute Gasteiger partial charge is 0.382 e. The van der Waals surface area contributed by atoms with Gasteiger partial charge in [-0.3, -0.25) is 4.79 Å². The van der Waals surface area contributed by atoms with Crippen molar-refractivity contribution in [2.24, 2.45) is 0 Å². The van der Waals surface area contributed by atoms with Gasteiger partial charge < -0.3 is 25.8 Å². The van der Waals surface area contributed by atoms with E-state index in [2.05, 4.69) is 57.1 Å². The Morgan fingerprint density at radius 2 is 1.75 bits per heavy atom. The van der Waals surface area contributed by atoms with Crippen molar-refractivity contribution >= 4 is 39.8 Å². The lowest BCUT2D eigenvalue weighted by molar-refractivity contribution is -0.111. The molecule has 0 spiro atoms. The van der Waals surface area contributed by atoms with E-state index in [1.54, 1.807) is 6.08 Å². The molecule has 1 saturated heterocycles. The summed E-state index contributed by atoms with van der Waals surface area (Å²) in [5.74, 6) is 0.379. The van der Waals surface area contributed by atoms with Crippen LogP contribution in [0, 0.1) is 0 Å². The van der Waals surface area contributed by atoms with Crippen LogP contribution >= 0.6 is 0 Å². The van der Waals surface area contributed by atoms with Gasteiger partial charge in [0.15, 0.2) is 0 Å². The molecular weight excluding hydrogens is 498 g/mol. The summed E-state index contributed by atoms with van der Waals surface area (Å²) in [6.07, 6.45) is 7.56. The van der Waals surface area contributed by atoms with E-state index < -0.39 is 0 Å². The van der Waals surface area contributed by atoms with Gasteiger partial charge in [-0.05, 0) is 89.0 Å². The summed E-state index contributed by atoms with van der Waals surface area (Å²) < 4.78 is 0. The van der Waals surface area contributed by atoms with Crippen molar-refractivity contribution in [3.05, 3.63) is 85.1 Å². The number of piperidine rings is 1. The smallest absolute Gasteiger partial charge is 0.248 e. The molecule has 3 aromatic carbocycles. The van der Waals surface area contributed by atoms with Crippen LogP contribution in [0.4, 0.5) is 23.0 Å². The summed E-state index contributed by atoms with van der Waals surface area (Å²) in [5.41, 5.74) is 5.57. The quantitative estimate of drug-likeness (QED) is 0.241. The van der Waals surface area contributed by atoms with Crippen LogP contribution < -0.4 is 16.0 Å². The summed E-state index contributed by atoms with van der Waals surface area (Å²) in [4.78, 5) is 26.1. The van der Waals surface area contributed by atoms with Crippen LogP contribution in [0.1, 0.15) is 12.8 Å². The fourth-order valence-electron chi connectivity index (χ4n) is 4.84. The third kappa shape index (κ3) is 7.22. The zero-order valence-corrected chi connectivity index (χ0v) is 23.4. The van der Waals surface area contributed by atoms with Gasteiger partial charge in [0.05, 0.1) is 5.52 Å². The van der Waals surface area contributed by atoms with Crippen LogP contribution in [0.25, 0.3) is 22.0 Å². The molecule has 0 bridgehead atoms. The SMILES string of the molecule is CN(C)CC=CC(=O)Nc1cccc(-c2cccc3cnc(Nc4ccc(NC5CCN(C)CC5)cc4)nc23)c1. The Morgan fingerprint density at radius 3 is 2.52 bits per heavy atom. The number of amides is 1. The molecule has 0 saturated carbocycles. The van der Waals surface area contributed by atoms with E-state index in [0.29, 0.717) is 18.5 Å². The number of rotatable bonds is 9. The van der Waals surface area contributed by atoms with Crippen molar-refractivity contribution < 1.29 is 4.79 Å². The first kappa shape index (κ1) is 27.3. The zero-order chi connectivity index (χ0) is 27.9. The number of benzene rings is 3. The number of para-hydroxylation sites is 1. The second-order valence-corrected chi connectivity index (χ2v) is 10.6. The number of nitrogens with one attached hydrogen (secondary N) is 3. The highest BCUT2D eigenvalue weighted by molar-refractivity contribution is 6.00. The highest BCUT2D eigenvalue weighted by atomic mass is 16.1. The number of likely N-dealkylation sites (N-methyl/N-ethyl adjacent to an activating group) is 1. The monoisotopic (exact) mass is 535 g/mol. The van der Waals surface area contributed by atoms with Gasteiger partial charge in [0, 0.05) is 52.9 Å². The Balaban J connectivity index is 1.30. The minimum atomic E-state index is -0.154. The Morgan fingerprint density at radius 1 is 1.00 bits per heavy atom. The van der Waals surface area contributed by atoms with Gasteiger partial charge >= 0.3 is 0 Å². The standard InChI is InChI=1S/C32H37N7O/c1-38(2)18-6-11-30(40)35-28-9-4-7-23(21-28)29-10-5-8-24-22-33-32(37-31(24)29)36-26-14-12-25(13-15-26)34-27-16-19-39(3)20-17-27/h4-15,21-22,27,34H,16-20H2,1-3H3,(H,35,40)(H,33,36,37). The summed E-state index contributed by atoms with van der Waals surface area (Å²) >= 11 is 0. The molecule has 0 radical (unpaired) electrons. The van der Waals surface area contributed by atoms with E-state index in [1.165, 1.54) is 0 Å². The predicted molar refractivity (Wildman–Crippen MR) is 165 cm³/mol. The van der Waals surface area contributed by atoms with Gasteiger partial charge in [0.2, 0.25) is 11.9 Å². The van der Waals surface area contributed by atoms with Crippen LogP contribution in [-0.4, -0.2) is 72.5 Å². The van der Waals surface area contributed by atoms with Crippen LogP contribution in [-0.2, 0) is 4.79 Å². The van der Waals surface area contributed by atoms with E-state index in [0.717, 1.165) is 65.0 Å². The average Bonchev–Trinajstić information content (AvgIpc) is 2.95. The second-order valence-electron chi connectivity index (χ2n) is 10.6. The predicted octanol–water partition coefficient (Wildman–Crippen LogP) is 5.60. The Labute approximate surface area is 236 Å². The first-order chi connectivity index (χ1) is 19.4. The lowest BCUT2D eigenvalue weighted by Gasteiger charge is -2.30. The van der Waals surface area contributed by atoms with E-state index in [4.69, 9.17) is 4.98 Å². The minimum absolute atomic E-state index is 0.154. The number of likely N-dealkylation sites (tertiary alicyclic amines) is 1. The maximum atomic E-state index is 12.4. The Kier molecular flexibility index (Phi) is 8.68. The molecule has 8 heteroatoms. The zero-order valence-electron chi connectivity index (χ0n) is 23.4. The van der Waals surface area contributed by atoms with Gasteiger partial charge in [0.1, 0.15) is 0 Å². The molecule has 1 aromatic heterocycles. The molecule has 1 fully saturated rings. The molecule has 0 unspecified atom stereocenters.